The summed E-state index contributed by atoms with van der Waals surface area (Å²) in [5, 5.41) is -2.16. The Balaban J connectivity index is 1.46. The van der Waals surface area contributed by atoms with E-state index in [0.717, 1.165) is 16.9 Å². The molecule has 224 valence electrons. The molecule has 2 aliphatic heterocycles. The van der Waals surface area contributed by atoms with E-state index >= 15 is 0 Å². The normalized spacial score (nSPS) is 17.8. The van der Waals surface area contributed by atoms with Crippen molar-refractivity contribution in [1.29, 1.82) is 0 Å². The smallest absolute Gasteiger partial charge is 0.369 e. The van der Waals surface area contributed by atoms with Crippen molar-refractivity contribution in [2.24, 2.45) is 0 Å². The van der Waals surface area contributed by atoms with Crippen molar-refractivity contribution in [3.05, 3.63) is 118 Å². The van der Waals surface area contributed by atoms with Crippen molar-refractivity contribution >= 4 is 46.7 Å². The van der Waals surface area contributed by atoms with Crippen molar-refractivity contribution in [2.45, 2.75) is 31.6 Å². The molecule has 1 fully saturated rings. The van der Waals surface area contributed by atoms with E-state index in [4.69, 9.17) is 14.2 Å². The predicted molar refractivity (Wildman–Crippen MR) is 157 cm³/mol. The van der Waals surface area contributed by atoms with Crippen LogP contribution < -0.4 is 0 Å². The number of carbonyl (C=O) groups excluding carboxylic acids is 6. The van der Waals surface area contributed by atoms with Crippen LogP contribution in [0.25, 0.3) is 0 Å². The fourth-order valence-corrected chi connectivity index (χ4v) is 5.81. The second-order valence-corrected chi connectivity index (χ2v) is 10.8. The maximum absolute atomic E-state index is 13.8. The van der Waals surface area contributed by atoms with Gasteiger partial charge in [-0.3, -0.25) is 24.2 Å². The average molecular weight is 615 g/mol. The molecule has 0 radical (unpaired) electrons. The lowest BCUT2D eigenvalue weighted by Gasteiger charge is -2.48. The summed E-state index contributed by atoms with van der Waals surface area (Å²) in [6, 6.07) is 22.3. The Morgan fingerprint density at radius 3 is 1.75 bits per heavy atom. The van der Waals surface area contributed by atoms with Crippen LogP contribution in [0.2, 0.25) is 0 Å². The number of fused-ring (bicyclic) bond motifs is 1. The Labute approximate surface area is 256 Å². The number of imide groups is 1. The van der Waals surface area contributed by atoms with E-state index in [2.05, 4.69) is 0 Å². The first kappa shape index (κ1) is 30.2. The van der Waals surface area contributed by atoms with E-state index in [-0.39, 0.29) is 29.9 Å². The van der Waals surface area contributed by atoms with E-state index in [0.29, 0.717) is 22.9 Å². The third kappa shape index (κ3) is 5.84. The molecule has 2 heterocycles. The van der Waals surface area contributed by atoms with Gasteiger partial charge in [-0.25, -0.2) is 14.4 Å². The summed E-state index contributed by atoms with van der Waals surface area (Å²) in [4.78, 5) is 81.1. The molecule has 3 aromatic carbocycles. The predicted octanol–water partition coefficient (Wildman–Crippen LogP) is 4.08. The maximum Gasteiger partial charge on any atom is 0.369 e. The van der Waals surface area contributed by atoms with Crippen LogP contribution in [0.1, 0.15) is 38.8 Å². The SMILES string of the molecule is COC(=O)/C(=C(\C)C(=O)OCc1ccccc1)N1C(=O)C(N2C(=O)c3ccccc3C2=O)C1SC(=O)OCc1ccccc1. The zero-order chi connectivity index (χ0) is 31.4. The van der Waals surface area contributed by atoms with Crippen molar-refractivity contribution in [3.63, 3.8) is 0 Å². The third-order valence-corrected chi connectivity index (χ3v) is 8.05. The van der Waals surface area contributed by atoms with Gasteiger partial charge < -0.3 is 14.2 Å². The summed E-state index contributed by atoms with van der Waals surface area (Å²) >= 11 is 0.495. The quantitative estimate of drug-likeness (QED) is 0.114. The molecule has 0 bridgehead atoms. The van der Waals surface area contributed by atoms with Gasteiger partial charge in [-0.2, -0.15) is 0 Å². The molecule has 11 nitrogen and oxygen atoms in total. The highest BCUT2D eigenvalue weighted by Crippen LogP contribution is 2.41. The standard InChI is InChI=1S/C32H26N2O9S/c1-19(30(38)42-17-20-11-5-3-6-12-20)24(31(39)41-2)34-28(37)25(33-26(35)22-15-9-10-16-23(22)27(33)36)29(34)44-32(40)43-18-21-13-7-4-8-14-21/h3-16,25,29H,17-18H2,1-2H3/b24-19-. The number of thioether (sulfide) groups is 1. The van der Waals surface area contributed by atoms with Gasteiger partial charge >= 0.3 is 17.2 Å². The minimum Gasteiger partial charge on any atom is -0.464 e. The van der Waals surface area contributed by atoms with Gasteiger partial charge in [0.05, 0.1) is 23.8 Å². The van der Waals surface area contributed by atoms with E-state index in [1.807, 2.05) is 0 Å². The second kappa shape index (κ2) is 13.0. The van der Waals surface area contributed by atoms with Crippen molar-refractivity contribution in [1.82, 2.24) is 9.80 Å². The highest BCUT2D eigenvalue weighted by Gasteiger charge is 2.60. The Bertz CT molecular complexity index is 1640. The molecule has 3 amide bonds. The molecule has 12 heteroatoms. The molecule has 3 aromatic rings. The van der Waals surface area contributed by atoms with E-state index in [1.54, 1.807) is 72.8 Å². The van der Waals surface area contributed by atoms with Crippen LogP contribution in [-0.4, -0.2) is 63.3 Å². The van der Waals surface area contributed by atoms with Gasteiger partial charge in [-0.15, -0.1) is 0 Å². The number of amides is 3. The van der Waals surface area contributed by atoms with Crippen molar-refractivity contribution < 1.29 is 43.0 Å². The first-order valence-corrected chi connectivity index (χ1v) is 14.3. The fourth-order valence-electron chi connectivity index (χ4n) is 4.81. The highest BCUT2D eigenvalue weighted by atomic mass is 32.2. The summed E-state index contributed by atoms with van der Waals surface area (Å²) in [6.45, 7) is 1.08. The van der Waals surface area contributed by atoms with Crippen LogP contribution in [0.15, 0.2) is 96.2 Å². The molecule has 2 aliphatic rings. The molecule has 0 aromatic heterocycles. The Morgan fingerprint density at radius 1 is 0.727 bits per heavy atom. The van der Waals surface area contributed by atoms with Crippen LogP contribution in [0.4, 0.5) is 4.79 Å². The van der Waals surface area contributed by atoms with E-state index in [9.17, 15) is 28.8 Å². The summed E-state index contributed by atoms with van der Waals surface area (Å²) in [6.07, 6.45) is 0. The third-order valence-electron chi connectivity index (χ3n) is 7.03. The van der Waals surface area contributed by atoms with Crippen LogP contribution in [0.3, 0.4) is 0 Å². The highest BCUT2D eigenvalue weighted by molar-refractivity contribution is 8.13. The summed E-state index contributed by atoms with van der Waals surface area (Å²) < 4.78 is 15.6. The second-order valence-electron chi connectivity index (χ2n) is 9.74. The van der Waals surface area contributed by atoms with Gasteiger partial charge in [0, 0.05) is 0 Å². The minimum atomic E-state index is -1.48. The molecular formula is C32H26N2O9S. The Kier molecular flexibility index (Phi) is 8.91. The topological polar surface area (TPSA) is 137 Å². The fraction of sp³-hybridized carbons (Fsp3) is 0.188. The first-order chi connectivity index (χ1) is 21.2. The molecule has 0 N–H and O–H groups in total. The summed E-state index contributed by atoms with van der Waals surface area (Å²) in [5.41, 5.74) is 0.828. The van der Waals surface area contributed by atoms with E-state index < -0.39 is 52.1 Å². The van der Waals surface area contributed by atoms with Gasteiger partial charge in [-0.1, -0.05) is 72.8 Å². The number of methoxy groups -OCH3 is 1. The lowest BCUT2D eigenvalue weighted by Crippen LogP contribution is -2.70. The molecule has 5 rings (SSSR count). The number of β-lactam (4-membered cyclic amide) rings is 1. The number of rotatable bonds is 9. The Morgan fingerprint density at radius 2 is 1.23 bits per heavy atom. The molecule has 2 unspecified atom stereocenters. The monoisotopic (exact) mass is 614 g/mol. The van der Waals surface area contributed by atoms with Crippen LogP contribution in [0, 0.1) is 0 Å². The van der Waals surface area contributed by atoms with Gasteiger partial charge in [0.15, 0.2) is 6.04 Å². The van der Waals surface area contributed by atoms with Crippen molar-refractivity contribution in [2.75, 3.05) is 7.11 Å². The molecular weight excluding hydrogens is 588 g/mol. The van der Waals surface area contributed by atoms with Gasteiger partial charge in [0.2, 0.25) is 0 Å². The molecule has 0 spiro atoms. The first-order valence-electron chi connectivity index (χ1n) is 13.4. The van der Waals surface area contributed by atoms with Crippen molar-refractivity contribution in [3.8, 4) is 0 Å². The van der Waals surface area contributed by atoms with E-state index in [1.165, 1.54) is 19.1 Å². The molecule has 1 saturated heterocycles. The van der Waals surface area contributed by atoms with Gasteiger partial charge in [-0.05, 0) is 41.9 Å². The lowest BCUT2D eigenvalue weighted by atomic mass is 10.0. The number of benzene rings is 3. The maximum atomic E-state index is 13.8. The molecule has 44 heavy (non-hydrogen) atoms. The number of esters is 2. The van der Waals surface area contributed by atoms with Crippen LogP contribution in [-0.2, 0) is 41.8 Å². The number of nitrogens with zero attached hydrogens (tertiary/aromatic N) is 2. The van der Waals surface area contributed by atoms with Crippen LogP contribution >= 0.6 is 11.8 Å². The minimum absolute atomic E-state index is 0.0877. The summed E-state index contributed by atoms with van der Waals surface area (Å²) in [7, 11) is 1.06. The lowest BCUT2D eigenvalue weighted by molar-refractivity contribution is -0.153. The van der Waals surface area contributed by atoms with Gasteiger partial charge in [0.25, 0.3) is 17.7 Å². The zero-order valence-electron chi connectivity index (χ0n) is 23.6. The average Bonchev–Trinajstić information content (AvgIpc) is 3.30. The Hall–Kier alpha value is -5.23. The number of hydrogen-bond donors (Lipinski definition) is 0. The molecule has 2 atom stereocenters. The molecule has 0 aliphatic carbocycles. The largest absolute Gasteiger partial charge is 0.464 e. The number of hydrogen-bond acceptors (Lipinski definition) is 10. The zero-order valence-corrected chi connectivity index (χ0v) is 24.4. The van der Waals surface area contributed by atoms with Gasteiger partial charge in [0.1, 0.15) is 24.3 Å². The number of carbonyl (C=O) groups is 6. The number of ether oxygens (including phenoxy) is 3. The molecule has 0 saturated carbocycles. The summed E-state index contributed by atoms with van der Waals surface area (Å²) in [5.74, 6) is -4.30. The number of likely N-dealkylation sites (tertiary alicyclic amines) is 1. The van der Waals surface area contributed by atoms with Crippen LogP contribution in [0.5, 0.6) is 0 Å².